The molecule has 2 aliphatic carbocycles. The van der Waals surface area contributed by atoms with Crippen molar-refractivity contribution in [3.63, 3.8) is 0 Å². The van der Waals surface area contributed by atoms with E-state index < -0.39 is 27.6 Å². The lowest BCUT2D eigenvalue weighted by atomic mass is 10.0. The lowest BCUT2D eigenvalue weighted by Gasteiger charge is -2.26. The first-order valence-electron chi connectivity index (χ1n) is 12.9. The number of hydrogen-bond acceptors (Lipinski definition) is 7. The molecule has 1 aliphatic heterocycles. The maximum Gasteiger partial charge on any atom is 0.407 e. The Labute approximate surface area is 222 Å². The maximum absolute atomic E-state index is 13.4. The average molecular weight is 546 g/mol. The minimum absolute atomic E-state index is 0.0570. The second-order valence-corrected chi connectivity index (χ2v) is 13.0. The SMILES string of the molecule is Cc1c(C2CC2)nc2c(c1NC(=O)N=S(N)(=O)c1cnn3c1OCC(CNC(=O)OC(C)(C)C)C3)CCC2. The number of nitrogens with one attached hydrogen (secondary N) is 2. The third-order valence-electron chi connectivity index (χ3n) is 6.82. The van der Waals surface area contributed by atoms with Crippen molar-refractivity contribution >= 4 is 27.7 Å². The van der Waals surface area contributed by atoms with E-state index >= 15 is 0 Å². The Morgan fingerprint density at radius 3 is 2.79 bits per heavy atom. The molecule has 2 aromatic rings. The summed E-state index contributed by atoms with van der Waals surface area (Å²) in [6, 6.07) is -0.780. The molecule has 0 bridgehead atoms. The van der Waals surface area contributed by atoms with Gasteiger partial charge in [-0.2, -0.15) is 5.10 Å². The molecule has 1 fully saturated rings. The van der Waals surface area contributed by atoms with Crippen LogP contribution in [0, 0.1) is 12.8 Å². The number of rotatable bonds is 5. The molecule has 13 heteroatoms. The highest BCUT2D eigenvalue weighted by Gasteiger charge is 2.32. The quantitative estimate of drug-likeness (QED) is 0.518. The van der Waals surface area contributed by atoms with Crippen LogP contribution in [0.25, 0.3) is 0 Å². The van der Waals surface area contributed by atoms with E-state index in [0.717, 1.165) is 54.6 Å². The molecule has 4 N–H and O–H groups in total. The van der Waals surface area contributed by atoms with Crippen molar-refractivity contribution in [2.24, 2.45) is 15.4 Å². The number of pyridine rings is 1. The number of aryl methyl sites for hydroxylation is 1. The molecule has 0 saturated heterocycles. The lowest BCUT2D eigenvalue weighted by Crippen LogP contribution is -2.39. The number of aromatic nitrogens is 3. The number of hydrogen-bond donors (Lipinski definition) is 3. The normalized spacial score (nSPS) is 20.0. The van der Waals surface area contributed by atoms with Crippen LogP contribution in [0.15, 0.2) is 15.5 Å². The monoisotopic (exact) mass is 545 g/mol. The molecule has 3 aliphatic rings. The van der Waals surface area contributed by atoms with Crippen LogP contribution in [0.5, 0.6) is 5.88 Å². The van der Waals surface area contributed by atoms with Gasteiger partial charge in [0.1, 0.15) is 10.5 Å². The van der Waals surface area contributed by atoms with Gasteiger partial charge in [0.2, 0.25) is 5.88 Å². The smallest absolute Gasteiger partial charge is 0.407 e. The number of fused-ring (bicyclic) bond motifs is 2. The number of nitrogens with two attached hydrogens (primary N) is 1. The standard InChI is InChI=1S/C25H35N7O5S/c1-14-20(16-8-9-16)29-18-7-5-6-17(18)21(14)30-23(33)31-38(26,35)19-11-28-32-12-15(13-36-22(19)32)10-27-24(34)37-25(2,3)4/h11,15-16H,5-10,12-13H2,1-4H3,(H,27,34)(H3,26,29,30,31,33,35). The van der Waals surface area contributed by atoms with Gasteiger partial charge >= 0.3 is 12.1 Å². The van der Waals surface area contributed by atoms with E-state index in [-0.39, 0.29) is 23.3 Å². The molecular formula is C25H35N7O5S. The third kappa shape index (κ3) is 5.63. The fraction of sp³-hybridized carbons (Fsp3) is 0.600. The van der Waals surface area contributed by atoms with Crippen LogP contribution < -0.4 is 20.5 Å². The van der Waals surface area contributed by atoms with Crippen LogP contribution in [0.4, 0.5) is 15.3 Å². The molecule has 1 saturated carbocycles. The number of carbonyl (C=O) groups excluding carboxylic acids is 2. The van der Waals surface area contributed by atoms with Gasteiger partial charge in [-0.25, -0.2) is 23.6 Å². The van der Waals surface area contributed by atoms with Crippen molar-refractivity contribution in [2.45, 2.75) is 82.8 Å². The van der Waals surface area contributed by atoms with Crippen LogP contribution >= 0.6 is 0 Å². The second-order valence-electron chi connectivity index (χ2n) is 11.2. The molecule has 3 amide bonds. The summed E-state index contributed by atoms with van der Waals surface area (Å²) < 4.78 is 29.8. The molecule has 206 valence electrons. The molecule has 5 rings (SSSR count). The molecule has 2 aromatic heterocycles. The van der Waals surface area contributed by atoms with Gasteiger partial charge in [0.05, 0.1) is 25.0 Å². The predicted octanol–water partition coefficient (Wildman–Crippen LogP) is 3.42. The molecule has 3 heterocycles. The van der Waals surface area contributed by atoms with Crippen molar-refractivity contribution in [1.82, 2.24) is 20.1 Å². The first-order valence-corrected chi connectivity index (χ1v) is 14.5. The molecule has 0 radical (unpaired) electrons. The molecule has 2 unspecified atom stereocenters. The number of anilines is 1. The van der Waals surface area contributed by atoms with Crippen LogP contribution in [0.3, 0.4) is 0 Å². The zero-order valence-electron chi connectivity index (χ0n) is 22.2. The summed E-state index contributed by atoms with van der Waals surface area (Å²) in [5.74, 6) is 0.556. The van der Waals surface area contributed by atoms with Crippen LogP contribution in [0.2, 0.25) is 0 Å². The van der Waals surface area contributed by atoms with Crippen molar-refractivity contribution in [1.29, 1.82) is 0 Å². The van der Waals surface area contributed by atoms with Crippen LogP contribution in [-0.2, 0) is 34.0 Å². The van der Waals surface area contributed by atoms with E-state index in [1.807, 2.05) is 6.92 Å². The third-order valence-corrected chi connectivity index (χ3v) is 8.16. The summed E-state index contributed by atoms with van der Waals surface area (Å²) in [6.45, 7) is 8.29. The maximum atomic E-state index is 13.4. The van der Waals surface area contributed by atoms with E-state index in [0.29, 0.717) is 24.7 Å². The minimum atomic E-state index is -3.63. The van der Waals surface area contributed by atoms with Gasteiger partial charge in [0.15, 0.2) is 9.92 Å². The largest absolute Gasteiger partial charge is 0.476 e. The Balaban J connectivity index is 1.29. The van der Waals surface area contributed by atoms with Crippen LogP contribution in [-0.4, -0.2) is 49.9 Å². The van der Waals surface area contributed by atoms with E-state index in [2.05, 4.69) is 20.1 Å². The van der Waals surface area contributed by atoms with Gasteiger partial charge in [0.25, 0.3) is 0 Å². The van der Waals surface area contributed by atoms with Gasteiger partial charge in [-0.15, -0.1) is 4.36 Å². The fourth-order valence-electron chi connectivity index (χ4n) is 4.92. The van der Waals surface area contributed by atoms with Crippen molar-refractivity contribution in [3.8, 4) is 5.88 Å². The summed E-state index contributed by atoms with van der Waals surface area (Å²) in [5.41, 5.74) is 4.14. The molecule has 2 atom stereocenters. The lowest BCUT2D eigenvalue weighted by molar-refractivity contribution is 0.0502. The van der Waals surface area contributed by atoms with Gasteiger partial charge in [0, 0.05) is 29.8 Å². The van der Waals surface area contributed by atoms with Crippen LogP contribution in [0.1, 0.15) is 68.5 Å². The Hall–Kier alpha value is -3.19. The van der Waals surface area contributed by atoms with Gasteiger partial charge in [-0.1, -0.05) is 0 Å². The van der Waals surface area contributed by atoms with E-state index in [4.69, 9.17) is 19.6 Å². The number of alkyl carbamates (subject to hydrolysis) is 1. The minimum Gasteiger partial charge on any atom is -0.476 e. The molecule has 0 aromatic carbocycles. The molecule has 38 heavy (non-hydrogen) atoms. The first-order chi connectivity index (χ1) is 17.9. The molecule has 0 spiro atoms. The number of nitrogens with zero attached hydrogens (tertiary/aromatic N) is 4. The topological polar surface area (TPSA) is 163 Å². The highest BCUT2D eigenvalue weighted by Crippen LogP contribution is 2.44. The number of ether oxygens (including phenoxy) is 2. The summed E-state index contributed by atoms with van der Waals surface area (Å²) in [4.78, 5) is 29.8. The van der Waals surface area contributed by atoms with E-state index in [9.17, 15) is 13.8 Å². The number of urea groups is 1. The Morgan fingerprint density at radius 2 is 2.08 bits per heavy atom. The van der Waals surface area contributed by atoms with E-state index in [1.54, 1.807) is 20.8 Å². The fourth-order valence-corrected chi connectivity index (χ4v) is 5.93. The summed E-state index contributed by atoms with van der Waals surface area (Å²) in [5, 5.41) is 15.9. The summed E-state index contributed by atoms with van der Waals surface area (Å²) in [7, 11) is -3.63. The number of amides is 3. The summed E-state index contributed by atoms with van der Waals surface area (Å²) >= 11 is 0. The Morgan fingerprint density at radius 1 is 1.32 bits per heavy atom. The molecule has 12 nitrogen and oxygen atoms in total. The van der Waals surface area contributed by atoms with Gasteiger partial charge in [-0.3, -0.25) is 4.98 Å². The van der Waals surface area contributed by atoms with Gasteiger partial charge < -0.3 is 20.1 Å². The van der Waals surface area contributed by atoms with Crippen molar-refractivity contribution in [2.75, 3.05) is 18.5 Å². The van der Waals surface area contributed by atoms with Crippen molar-refractivity contribution in [3.05, 3.63) is 28.7 Å². The van der Waals surface area contributed by atoms with E-state index in [1.165, 1.54) is 10.9 Å². The second kappa shape index (κ2) is 9.84. The molecular weight excluding hydrogens is 510 g/mol. The first kappa shape index (κ1) is 26.4. The number of carbonyl (C=O) groups is 2. The Bertz CT molecular complexity index is 1400. The zero-order chi connectivity index (χ0) is 27.2. The Kier molecular flexibility index (Phi) is 6.84. The summed E-state index contributed by atoms with van der Waals surface area (Å²) in [6.07, 6.45) is 5.71. The predicted molar refractivity (Wildman–Crippen MR) is 140 cm³/mol. The van der Waals surface area contributed by atoms with Crippen molar-refractivity contribution < 1.29 is 23.3 Å². The highest BCUT2D eigenvalue weighted by molar-refractivity contribution is 7.91. The zero-order valence-corrected chi connectivity index (χ0v) is 23.0. The highest BCUT2D eigenvalue weighted by atomic mass is 32.2. The average Bonchev–Trinajstić information content (AvgIpc) is 3.39. The van der Waals surface area contributed by atoms with Gasteiger partial charge in [-0.05, 0) is 70.9 Å².